The average Bonchev–Trinajstić information content (AvgIpc) is 2.83. The maximum Gasteiger partial charge on any atom is 0.311 e. The number of fused-ring (bicyclic) bond motifs is 1. The second-order valence-electron chi connectivity index (χ2n) is 12.8. The van der Waals surface area contributed by atoms with Gasteiger partial charge in [0.25, 0.3) is 0 Å². The van der Waals surface area contributed by atoms with Crippen molar-refractivity contribution in [3.63, 3.8) is 0 Å². The summed E-state index contributed by atoms with van der Waals surface area (Å²) in [6, 6.07) is 0. The zero-order valence-electron chi connectivity index (χ0n) is 25.5. The van der Waals surface area contributed by atoms with Gasteiger partial charge < -0.3 is 14.6 Å². The largest absolute Gasteiger partial charge is 0.487 e. The number of hydrogen-bond donors (Lipinski definition) is 1. The van der Waals surface area contributed by atoms with Crippen LogP contribution in [-0.2, 0) is 16.0 Å². The Bertz CT molecular complexity index is 934. The predicted octanol–water partition coefficient (Wildman–Crippen LogP) is 8.90. The second kappa shape index (κ2) is 14.9. The SMILES string of the molecule is Cc1c(C)c(OC(=O)CCC(=O)O)c(C)c2c1CCC(C)(CCCC(C)CCCC(C)CCCC(C)C)O2. The number of carbonyl (C=O) groups is 2. The number of benzene rings is 1. The predicted molar refractivity (Wildman–Crippen MR) is 155 cm³/mol. The van der Waals surface area contributed by atoms with Gasteiger partial charge in [0, 0.05) is 5.56 Å². The van der Waals surface area contributed by atoms with Gasteiger partial charge >= 0.3 is 11.9 Å². The van der Waals surface area contributed by atoms with Crippen LogP contribution in [0.2, 0.25) is 0 Å². The summed E-state index contributed by atoms with van der Waals surface area (Å²) in [5.41, 5.74) is 3.85. The van der Waals surface area contributed by atoms with Gasteiger partial charge in [0.2, 0.25) is 0 Å². The molecule has 3 unspecified atom stereocenters. The molecule has 1 heterocycles. The molecule has 0 saturated heterocycles. The summed E-state index contributed by atoms with van der Waals surface area (Å²) in [6.45, 7) is 17.6. The minimum absolute atomic E-state index is 0.141. The maximum atomic E-state index is 12.3. The minimum atomic E-state index is -1.00. The average molecular weight is 531 g/mol. The van der Waals surface area contributed by atoms with Gasteiger partial charge in [-0.15, -0.1) is 0 Å². The van der Waals surface area contributed by atoms with Crippen molar-refractivity contribution in [3.05, 3.63) is 22.3 Å². The van der Waals surface area contributed by atoms with Gasteiger partial charge in [0.1, 0.15) is 17.1 Å². The van der Waals surface area contributed by atoms with Gasteiger partial charge in [-0.25, -0.2) is 0 Å². The number of rotatable bonds is 16. The van der Waals surface area contributed by atoms with Crippen LogP contribution in [-0.4, -0.2) is 22.6 Å². The van der Waals surface area contributed by atoms with E-state index < -0.39 is 11.9 Å². The summed E-state index contributed by atoms with van der Waals surface area (Å²) < 4.78 is 12.3. The van der Waals surface area contributed by atoms with Crippen LogP contribution in [0.5, 0.6) is 11.5 Å². The third kappa shape index (κ3) is 9.93. The van der Waals surface area contributed by atoms with Crippen LogP contribution in [0.15, 0.2) is 0 Å². The first-order chi connectivity index (χ1) is 17.8. The second-order valence-corrected chi connectivity index (χ2v) is 12.8. The van der Waals surface area contributed by atoms with E-state index in [0.29, 0.717) is 5.75 Å². The molecule has 1 aromatic carbocycles. The summed E-state index contributed by atoms with van der Waals surface area (Å²) in [6.07, 6.45) is 13.0. The Labute approximate surface area is 232 Å². The van der Waals surface area contributed by atoms with Crippen molar-refractivity contribution in [2.45, 2.75) is 144 Å². The van der Waals surface area contributed by atoms with Crippen LogP contribution in [0, 0.1) is 38.5 Å². The molecule has 2 rings (SSSR count). The van der Waals surface area contributed by atoms with E-state index in [-0.39, 0.29) is 18.4 Å². The third-order valence-electron chi connectivity index (χ3n) is 8.60. The Kier molecular flexibility index (Phi) is 12.6. The molecule has 1 aliphatic heterocycles. The van der Waals surface area contributed by atoms with E-state index in [9.17, 15) is 9.59 Å². The van der Waals surface area contributed by atoms with Crippen LogP contribution in [0.25, 0.3) is 0 Å². The fourth-order valence-electron chi connectivity index (χ4n) is 5.81. The van der Waals surface area contributed by atoms with Crippen LogP contribution < -0.4 is 9.47 Å². The number of ether oxygens (including phenoxy) is 2. The molecular weight excluding hydrogens is 476 g/mol. The molecule has 0 bridgehead atoms. The van der Waals surface area contributed by atoms with Crippen molar-refractivity contribution >= 4 is 11.9 Å². The van der Waals surface area contributed by atoms with E-state index in [1.165, 1.54) is 50.5 Å². The monoisotopic (exact) mass is 530 g/mol. The molecule has 3 atom stereocenters. The summed E-state index contributed by atoms with van der Waals surface area (Å²) in [5.74, 6) is 2.24. The highest BCUT2D eigenvalue weighted by Gasteiger charge is 2.35. The van der Waals surface area contributed by atoms with E-state index in [4.69, 9.17) is 14.6 Å². The molecule has 0 amide bonds. The number of carbonyl (C=O) groups excluding carboxylic acids is 1. The first kappa shape index (κ1) is 32.2. The van der Waals surface area contributed by atoms with E-state index in [1.54, 1.807) is 0 Å². The number of esters is 1. The number of aliphatic carboxylic acids is 1. The van der Waals surface area contributed by atoms with Gasteiger partial charge in [0.05, 0.1) is 12.8 Å². The number of carboxylic acids is 1. The lowest BCUT2D eigenvalue weighted by Gasteiger charge is -2.38. The van der Waals surface area contributed by atoms with E-state index in [2.05, 4.69) is 41.5 Å². The third-order valence-corrected chi connectivity index (χ3v) is 8.60. The van der Waals surface area contributed by atoms with Crippen LogP contribution in [0.1, 0.15) is 134 Å². The highest BCUT2D eigenvalue weighted by Crippen LogP contribution is 2.45. The van der Waals surface area contributed by atoms with Crippen LogP contribution in [0.4, 0.5) is 0 Å². The molecule has 216 valence electrons. The van der Waals surface area contributed by atoms with Crippen molar-refractivity contribution in [2.24, 2.45) is 17.8 Å². The molecule has 0 spiro atoms. The summed E-state index contributed by atoms with van der Waals surface area (Å²) >= 11 is 0. The minimum Gasteiger partial charge on any atom is -0.487 e. The molecule has 0 aromatic heterocycles. The molecule has 0 fully saturated rings. The highest BCUT2D eigenvalue weighted by molar-refractivity contribution is 5.79. The van der Waals surface area contributed by atoms with E-state index in [0.717, 1.165) is 65.9 Å². The van der Waals surface area contributed by atoms with Gasteiger partial charge in [-0.3, -0.25) is 9.59 Å². The zero-order chi connectivity index (χ0) is 28.5. The Morgan fingerprint density at radius 3 is 2.03 bits per heavy atom. The van der Waals surface area contributed by atoms with Crippen molar-refractivity contribution in [1.29, 1.82) is 0 Å². The number of carboxylic acid groups (broad SMARTS) is 1. The Hall–Kier alpha value is -2.04. The van der Waals surface area contributed by atoms with E-state index in [1.807, 2.05) is 13.8 Å². The van der Waals surface area contributed by atoms with Gasteiger partial charge in [-0.2, -0.15) is 0 Å². The molecule has 38 heavy (non-hydrogen) atoms. The quantitative estimate of drug-likeness (QED) is 0.171. The molecule has 5 nitrogen and oxygen atoms in total. The lowest BCUT2D eigenvalue weighted by molar-refractivity contribution is -0.142. The molecule has 1 aromatic rings. The Morgan fingerprint density at radius 2 is 1.45 bits per heavy atom. The molecule has 0 radical (unpaired) electrons. The Balaban J connectivity index is 1.89. The fourth-order valence-corrected chi connectivity index (χ4v) is 5.81. The first-order valence-electron chi connectivity index (χ1n) is 15.1. The first-order valence-corrected chi connectivity index (χ1v) is 15.1. The normalized spacial score (nSPS) is 18.6. The molecule has 1 N–H and O–H groups in total. The smallest absolute Gasteiger partial charge is 0.311 e. The Morgan fingerprint density at radius 1 is 0.868 bits per heavy atom. The maximum absolute atomic E-state index is 12.3. The molecular formula is C33H54O5. The molecule has 1 aliphatic rings. The van der Waals surface area contributed by atoms with Gasteiger partial charge in [0.15, 0.2) is 0 Å². The molecule has 0 aliphatic carbocycles. The van der Waals surface area contributed by atoms with Crippen LogP contribution in [0.3, 0.4) is 0 Å². The van der Waals surface area contributed by atoms with E-state index >= 15 is 0 Å². The van der Waals surface area contributed by atoms with Crippen molar-refractivity contribution in [3.8, 4) is 11.5 Å². The standard InChI is InChI=1S/C33H54O5/c1-22(2)12-9-13-23(3)14-10-15-24(4)16-11-20-33(8)21-19-28-25(5)26(6)31(27(7)32(28)38-33)37-30(36)18-17-29(34)35/h22-24H,9-21H2,1-8H3,(H,34,35). The highest BCUT2D eigenvalue weighted by atomic mass is 16.5. The lowest BCUT2D eigenvalue weighted by Crippen LogP contribution is -2.37. The number of hydrogen-bond acceptors (Lipinski definition) is 4. The fraction of sp³-hybridized carbons (Fsp3) is 0.758. The van der Waals surface area contributed by atoms with Crippen molar-refractivity contribution < 1.29 is 24.2 Å². The summed E-state index contributed by atoms with van der Waals surface area (Å²) in [4.78, 5) is 23.1. The van der Waals surface area contributed by atoms with Crippen molar-refractivity contribution in [2.75, 3.05) is 0 Å². The lowest BCUT2D eigenvalue weighted by atomic mass is 9.83. The van der Waals surface area contributed by atoms with Crippen molar-refractivity contribution in [1.82, 2.24) is 0 Å². The summed E-state index contributed by atoms with van der Waals surface area (Å²) in [5, 5.41) is 8.88. The summed E-state index contributed by atoms with van der Waals surface area (Å²) in [7, 11) is 0. The van der Waals surface area contributed by atoms with Gasteiger partial charge in [-0.1, -0.05) is 72.6 Å². The molecule has 5 heteroatoms. The van der Waals surface area contributed by atoms with Gasteiger partial charge in [-0.05, 0) is 87.8 Å². The topological polar surface area (TPSA) is 72.8 Å². The zero-order valence-corrected chi connectivity index (χ0v) is 25.5. The molecule has 0 saturated carbocycles. The van der Waals surface area contributed by atoms with Crippen LogP contribution >= 0.6 is 0 Å².